The lowest BCUT2D eigenvalue weighted by Gasteiger charge is -2.15. The van der Waals surface area contributed by atoms with E-state index < -0.39 is 12.0 Å². The molecule has 3 nitrogen and oxygen atoms in total. The standard InChI is InChI=1S/C12H17NO2/c1-7-5-8(2)9(3)11(6-7)15-10(4)12(13)14/h5-6,10H,1-4H3,(H2,13,14)/t10-/m0/s1. The van der Waals surface area contributed by atoms with Gasteiger partial charge < -0.3 is 10.5 Å². The van der Waals surface area contributed by atoms with Crippen LogP contribution in [0, 0.1) is 20.8 Å². The molecule has 0 fully saturated rings. The molecule has 2 N–H and O–H groups in total. The molecule has 82 valence electrons. The van der Waals surface area contributed by atoms with Crippen LogP contribution in [0.2, 0.25) is 0 Å². The van der Waals surface area contributed by atoms with E-state index in [-0.39, 0.29) is 0 Å². The van der Waals surface area contributed by atoms with Gasteiger partial charge in [-0.25, -0.2) is 0 Å². The highest BCUT2D eigenvalue weighted by Gasteiger charge is 2.12. The zero-order chi connectivity index (χ0) is 11.6. The van der Waals surface area contributed by atoms with Gasteiger partial charge in [-0.2, -0.15) is 0 Å². The van der Waals surface area contributed by atoms with Crippen LogP contribution in [-0.4, -0.2) is 12.0 Å². The molecule has 0 aliphatic rings. The van der Waals surface area contributed by atoms with Crippen molar-refractivity contribution in [2.45, 2.75) is 33.8 Å². The van der Waals surface area contributed by atoms with Gasteiger partial charge in [-0.15, -0.1) is 0 Å². The zero-order valence-corrected chi connectivity index (χ0v) is 9.63. The number of nitrogens with two attached hydrogens (primary N) is 1. The molecule has 1 rings (SSSR count). The van der Waals surface area contributed by atoms with Gasteiger partial charge in [-0.3, -0.25) is 4.79 Å². The zero-order valence-electron chi connectivity index (χ0n) is 9.63. The molecule has 1 aromatic rings. The molecule has 0 saturated heterocycles. The number of benzene rings is 1. The summed E-state index contributed by atoms with van der Waals surface area (Å²) in [5.41, 5.74) is 8.47. The van der Waals surface area contributed by atoms with Crippen LogP contribution in [0.1, 0.15) is 23.6 Å². The summed E-state index contributed by atoms with van der Waals surface area (Å²) in [7, 11) is 0. The van der Waals surface area contributed by atoms with E-state index in [1.165, 1.54) is 0 Å². The molecule has 0 aliphatic heterocycles. The van der Waals surface area contributed by atoms with Crippen LogP contribution in [0.25, 0.3) is 0 Å². The van der Waals surface area contributed by atoms with Crippen LogP contribution in [0.15, 0.2) is 12.1 Å². The van der Waals surface area contributed by atoms with Crippen molar-refractivity contribution in [1.82, 2.24) is 0 Å². The third-order valence-electron chi connectivity index (χ3n) is 2.47. The van der Waals surface area contributed by atoms with Crippen LogP contribution < -0.4 is 10.5 Å². The van der Waals surface area contributed by atoms with Gasteiger partial charge in [-0.05, 0) is 50.5 Å². The Bertz CT molecular complexity index is 385. The van der Waals surface area contributed by atoms with Crippen molar-refractivity contribution in [2.75, 3.05) is 0 Å². The van der Waals surface area contributed by atoms with Gasteiger partial charge in [0, 0.05) is 0 Å². The van der Waals surface area contributed by atoms with Crippen molar-refractivity contribution in [3.8, 4) is 5.75 Å². The van der Waals surface area contributed by atoms with E-state index in [0.717, 1.165) is 22.4 Å². The summed E-state index contributed by atoms with van der Waals surface area (Å²) in [6.07, 6.45) is -0.593. The van der Waals surface area contributed by atoms with E-state index in [4.69, 9.17) is 10.5 Å². The smallest absolute Gasteiger partial charge is 0.258 e. The lowest BCUT2D eigenvalue weighted by atomic mass is 10.1. The predicted octanol–water partition coefficient (Wildman–Crippen LogP) is 1.86. The minimum atomic E-state index is -0.593. The van der Waals surface area contributed by atoms with E-state index in [1.807, 2.05) is 26.8 Å². The van der Waals surface area contributed by atoms with E-state index in [1.54, 1.807) is 6.92 Å². The average Bonchev–Trinajstić information content (AvgIpc) is 2.13. The summed E-state index contributed by atoms with van der Waals surface area (Å²) in [6, 6.07) is 4.00. The number of carbonyl (C=O) groups is 1. The largest absolute Gasteiger partial charge is 0.481 e. The Morgan fingerprint density at radius 3 is 2.47 bits per heavy atom. The van der Waals surface area contributed by atoms with Gasteiger partial charge in [-0.1, -0.05) is 6.07 Å². The molecule has 1 aromatic carbocycles. The first kappa shape index (κ1) is 11.6. The highest BCUT2D eigenvalue weighted by Crippen LogP contribution is 2.24. The van der Waals surface area contributed by atoms with E-state index >= 15 is 0 Å². The number of carbonyl (C=O) groups excluding carboxylic acids is 1. The lowest BCUT2D eigenvalue weighted by Crippen LogP contribution is -2.30. The maximum Gasteiger partial charge on any atom is 0.258 e. The Morgan fingerprint density at radius 2 is 1.93 bits per heavy atom. The number of hydrogen-bond acceptors (Lipinski definition) is 2. The molecule has 0 unspecified atom stereocenters. The van der Waals surface area contributed by atoms with Crippen molar-refractivity contribution in [3.05, 3.63) is 28.8 Å². The first-order valence-corrected chi connectivity index (χ1v) is 4.95. The minimum absolute atomic E-state index is 0.450. The fourth-order valence-electron chi connectivity index (χ4n) is 1.37. The van der Waals surface area contributed by atoms with Gasteiger partial charge in [0.1, 0.15) is 5.75 Å². The fraction of sp³-hybridized carbons (Fsp3) is 0.417. The van der Waals surface area contributed by atoms with Crippen molar-refractivity contribution >= 4 is 5.91 Å². The predicted molar refractivity (Wildman–Crippen MR) is 59.9 cm³/mol. The van der Waals surface area contributed by atoms with Crippen molar-refractivity contribution in [2.24, 2.45) is 5.73 Å². The highest BCUT2D eigenvalue weighted by molar-refractivity contribution is 5.78. The molecule has 0 bridgehead atoms. The Hall–Kier alpha value is -1.51. The Morgan fingerprint density at radius 1 is 1.33 bits per heavy atom. The monoisotopic (exact) mass is 207 g/mol. The molecule has 0 spiro atoms. The second-order valence-corrected chi connectivity index (χ2v) is 3.87. The molecule has 0 aliphatic carbocycles. The minimum Gasteiger partial charge on any atom is -0.481 e. The fourth-order valence-corrected chi connectivity index (χ4v) is 1.37. The average molecular weight is 207 g/mol. The van der Waals surface area contributed by atoms with Crippen LogP contribution in [0.4, 0.5) is 0 Å². The van der Waals surface area contributed by atoms with Gasteiger partial charge in [0.2, 0.25) is 0 Å². The summed E-state index contributed by atoms with van der Waals surface area (Å²) < 4.78 is 5.49. The summed E-state index contributed by atoms with van der Waals surface area (Å²) in [5, 5.41) is 0. The number of primary amides is 1. The number of amides is 1. The van der Waals surface area contributed by atoms with Gasteiger partial charge in [0.15, 0.2) is 6.10 Å². The third kappa shape index (κ3) is 2.72. The first-order valence-electron chi connectivity index (χ1n) is 4.95. The number of ether oxygens (including phenoxy) is 1. The van der Waals surface area contributed by atoms with Crippen LogP contribution >= 0.6 is 0 Å². The van der Waals surface area contributed by atoms with Gasteiger partial charge in [0.25, 0.3) is 5.91 Å². The number of rotatable bonds is 3. The van der Waals surface area contributed by atoms with Gasteiger partial charge in [0.05, 0.1) is 0 Å². The normalized spacial score (nSPS) is 12.3. The summed E-state index contributed by atoms with van der Waals surface area (Å²) in [5.74, 6) is 0.285. The maximum atomic E-state index is 10.9. The lowest BCUT2D eigenvalue weighted by molar-refractivity contribution is -0.123. The molecule has 1 amide bonds. The van der Waals surface area contributed by atoms with E-state index in [2.05, 4.69) is 6.07 Å². The van der Waals surface area contributed by atoms with Crippen LogP contribution in [0.5, 0.6) is 5.75 Å². The van der Waals surface area contributed by atoms with Crippen molar-refractivity contribution < 1.29 is 9.53 Å². The molecule has 15 heavy (non-hydrogen) atoms. The maximum absolute atomic E-state index is 10.9. The second-order valence-electron chi connectivity index (χ2n) is 3.87. The van der Waals surface area contributed by atoms with Crippen molar-refractivity contribution in [3.63, 3.8) is 0 Å². The molecular formula is C12H17NO2. The van der Waals surface area contributed by atoms with E-state index in [9.17, 15) is 4.79 Å². The quantitative estimate of drug-likeness (QED) is 0.822. The van der Waals surface area contributed by atoms with Gasteiger partial charge >= 0.3 is 0 Å². The number of hydrogen-bond donors (Lipinski definition) is 1. The van der Waals surface area contributed by atoms with Crippen LogP contribution in [-0.2, 0) is 4.79 Å². The SMILES string of the molecule is Cc1cc(C)c(C)c(O[C@@H](C)C(N)=O)c1. The molecule has 0 aromatic heterocycles. The van der Waals surface area contributed by atoms with Crippen LogP contribution in [0.3, 0.4) is 0 Å². The number of aryl methyl sites for hydroxylation is 2. The highest BCUT2D eigenvalue weighted by atomic mass is 16.5. The molecule has 0 heterocycles. The summed E-state index contributed by atoms with van der Waals surface area (Å²) in [4.78, 5) is 10.9. The summed E-state index contributed by atoms with van der Waals surface area (Å²) >= 11 is 0. The third-order valence-corrected chi connectivity index (χ3v) is 2.47. The summed E-state index contributed by atoms with van der Waals surface area (Å²) in [6.45, 7) is 7.63. The molecule has 3 heteroatoms. The Kier molecular flexibility index (Phi) is 3.35. The Balaban J connectivity index is 2.99. The second kappa shape index (κ2) is 4.34. The molecule has 1 atom stereocenters. The molecule has 0 saturated carbocycles. The molecule has 0 radical (unpaired) electrons. The molecular weight excluding hydrogens is 190 g/mol. The topological polar surface area (TPSA) is 52.3 Å². The van der Waals surface area contributed by atoms with Crippen molar-refractivity contribution in [1.29, 1.82) is 0 Å². The van der Waals surface area contributed by atoms with E-state index in [0.29, 0.717) is 0 Å². The Labute approximate surface area is 90.2 Å². The first-order chi connectivity index (χ1) is 6.91.